The smallest absolute Gasteiger partial charge is 0.300 e. The number of nitrogens with two attached hydrogens (primary N) is 2. The van der Waals surface area contributed by atoms with Gasteiger partial charge in [0, 0.05) is 6.92 Å². The predicted molar refractivity (Wildman–Crippen MR) is 35.7 cm³/mol. The summed E-state index contributed by atoms with van der Waals surface area (Å²) in [5, 5.41) is 17.0. The van der Waals surface area contributed by atoms with E-state index in [9.17, 15) is 0 Å². The molecule has 8 heteroatoms. The second kappa shape index (κ2) is 4.04. The molecule has 11 heavy (non-hydrogen) atoms. The van der Waals surface area contributed by atoms with Crippen LogP contribution in [0.4, 0.5) is 5.95 Å². The highest BCUT2D eigenvalue weighted by Gasteiger charge is 1.89. The number of aliphatic carboxylic acids is 1. The maximum absolute atomic E-state index is 9.00. The molecular weight excluding hydrogens is 152 g/mol. The summed E-state index contributed by atoms with van der Waals surface area (Å²) in [5.41, 5.74) is 5.04. The lowest BCUT2D eigenvalue weighted by Gasteiger charge is -1.82. The van der Waals surface area contributed by atoms with Crippen LogP contribution in [0.1, 0.15) is 6.92 Å². The Morgan fingerprint density at radius 1 is 1.73 bits per heavy atom. The van der Waals surface area contributed by atoms with Crippen LogP contribution in [0.15, 0.2) is 0 Å². The molecule has 0 atom stereocenters. The molecule has 1 rings (SSSR count). The highest BCUT2D eigenvalue weighted by Crippen LogP contribution is 1.78. The van der Waals surface area contributed by atoms with E-state index in [2.05, 4.69) is 15.5 Å². The van der Waals surface area contributed by atoms with Gasteiger partial charge < -0.3 is 16.7 Å². The van der Waals surface area contributed by atoms with Crippen LogP contribution >= 0.6 is 0 Å². The molecule has 1 heterocycles. The van der Waals surface area contributed by atoms with E-state index >= 15 is 0 Å². The fraction of sp³-hybridized carbons (Fsp3) is 0.333. The van der Waals surface area contributed by atoms with Crippen LogP contribution in [-0.2, 0) is 4.79 Å². The number of nitrogen functional groups attached to an aromatic ring is 2. The zero-order chi connectivity index (χ0) is 8.85. The van der Waals surface area contributed by atoms with Crippen molar-refractivity contribution in [1.82, 2.24) is 20.3 Å². The summed E-state index contributed by atoms with van der Waals surface area (Å²) in [5.74, 6) is 4.27. The van der Waals surface area contributed by atoms with Gasteiger partial charge in [-0.3, -0.25) is 4.79 Å². The summed E-state index contributed by atoms with van der Waals surface area (Å²) in [6.45, 7) is 1.08. The van der Waals surface area contributed by atoms with Gasteiger partial charge in [-0.25, -0.2) is 0 Å². The summed E-state index contributed by atoms with van der Waals surface area (Å²) in [7, 11) is 0. The van der Waals surface area contributed by atoms with Gasteiger partial charge in [-0.05, 0) is 10.4 Å². The standard InChI is InChI=1S/C2H4O2.CH4N6/c1-2(3)4;2-1-4-5-6-7(1)3/h1H3,(H,3,4);3H2,(H2,2,4,6). The molecule has 0 bridgehead atoms. The summed E-state index contributed by atoms with van der Waals surface area (Å²) in [6.07, 6.45) is 0. The maximum Gasteiger partial charge on any atom is 0.300 e. The summed E-state index contributed by atoms with van der Waals surface area (Å²) >= 11 is 0. The number of tetrazole rings is 1. The van der Waals surface area contributed by atoms with E-state index in [4.69, 9.17) is 21.5 Å². The van der Waals surface area contributed by atoms with Crippen LogP contribution in [0.5, 0.6) is 0 Å². The number of carboxylic acid groups (broad SMARTS) is 1. The van der Waals surface area contributed by atoms with E-state index in [1.165, 1.54) is 0 Å². The zero-order valence-corrected chi connectivity index (χ0v) is 5.80. The fourth-order valence-corrected chi connectivity index (χ4v) is 0.201. The molecule has 0 saturated carbocycles. The van der Waals surface area contributed by atoms with E-state index in [0.717, 1.165) is 11.7 Å². The normalized spacial score (nSPS) is 8.09. The quantitative estimate of drug-likeness (QED) is 0.376. The Morgan fingerprint density at radius 2 is 2.18 bits per heavy atom. The van der Waals surface area contributed by atoms with Gasteiger partial charge >= 0.3 is 0 Å². The summed E-state index contributed by atoms with van der Waals surface area (Å²) in [6, 6.07) is 0. The number of carbonyl (C=O) groups is 1. The lowest BCUT2D eigenvalue weighted by molar-refractivity contribution is -0.134. The number of nitrogens with zero attached hydrogens (tertiary/aromatic N) is 4. The van der Waals surface area contributed by atoms with Crippen LogP contribution in [0.2, 0.25) is 0 Å². The number of aromatic nitrogens is 4. The van der Waals surface area contributed by atoms with Gasteiger partial charge in [-0.2, -0.15) is 0 Å². The molecule has 0 fully saturated rings. The van der Waals surface area contributed by atoms with Crippen LogP contribution in [-0.4, -0.2) is 31.4 Å². The zero-order valence-electron chi connectivity index (χ0n) is 5.80. The highest BCUT2D eigenvalue weighted by atomic mass is 16.4. The van der Waals surface area contributed by atoms with Gasteiger partial charge in [0.15, 0.2) is 0 Å². The number of hydrogen-bond acceptors (Lipinski definition) is 6. The SMILES string of the molecule is CC(=O)O.Nc1nnnn1N. The van der Waals surface area contributed by atoms with E-state index in [1.807, 2.05) is 0 Å². The van der Waals surface area contributed by atoms with Crippen molar-refractivity contribution in [3.05, 3.63) is 0 Å². The highest BCUT2D eigenvalue weighted by molar-refractivity contribution is 5.62. The largest absolute Gasteiger partial charge is 0.481 e. The molecule has 62 valence electrons. The molecular formula is C3H8N6O2. The fourth-order valence-electron chi connectivity index (χ4n) is 0.201. The lowest BCUT2D eigenvalue weighted by atomic mass is 10.9. The minimum Gasteiger partial charge on any atom is -0.481 e. The van der Waals surface area contributed by atoms with Crippen molar-refractivity contribution in [3.8, 4) is 0 Å². The van der Waals surface area contributed by atoms with E-state index in [1.54, 1.807) is 0 Å². The minimum atomic E-state index is -0.833. The predicted octanol–water partition coefficient (Wildman–Crippen LogP) is -1.94. The first kappa shape index (κ1) is 9.14. The Morgan fingerprint density at radius 3 is 2.27 bits per heavy atom. The Balaban J connectivity index is 0.000000218. The van der Waals surface area contributed by atoms with Crippen molar-refractivity contribution >= 4 is 11.9 Å². The first-order valence-corrected chi connectivity index (χ1v) is 2.52. The van der Waals surface area contributed by atoms with Crippen LogP contribution < -0.4 is 11.6 Å². The summed E-state index contributed by atoms with van der Waals surface area (Å²) < 4.78 is 0. The number of rotatable bonds is 0. The Labute approximate surface area is 61.8 Å². The number of carboxylic acids is 1. The molecule has 0 aliphatic rings. The first-order valence-electron chi connectivity index (χ1n) is 2.52. The molecule has 0 amide bonds. The number of anilines is 1. The van der Waals surface area contributed by atoms with Crippen LogP contribution in [0.3, 0.4) is 0 Å². The van der Waals surface area contributed by atoms with Crippen molar-refractivity contribution in [2.24, 2.45) is 0 Å². The average molecular weight is 160 g/mol. The lowest BCUT2D eigenvalue weighted by Crippen LogP contribution is -2.13. The third kappa shape index (κ3) is 4.63. The van der Waals surface area contributed by atoms with Crippen molar-refractivity contribution in [3.63, 3.8) is 0 Å². The van der Waals surface area contributed by atoms with Crippen LogP contribution in [0.25, 0.3) is 0 Å². The van der Waals surface area contributed by atoms with Crippen LogP contribution in [0, 0.1) is 0 Å². The second-order valence-corrected chi connectivity index (χ2v) is 1.50. The Kier molecular flexibility index (Phi) is 3.35. The molecule has 0 aromatic carbocycles. The molecule has 0 saturated heterocycles. The van der Waals surface area contributed by atoms with Crippen molar-refractivity contribution in [1.29, 1.82) is 0 Å². The summed E-state index contributed by atoms with van der Waals surface area (Å²) in [4.78, 5) is 9.89. The maximum atomic E-state index is 9.00. The van der Waals surface area contributed by atoms with Crippen molar-refractivity contribution in [2.75, 3.05) is 11.6 Å². The third-order valence-corrected chi connectivity index (χ3v) is 0.518. The van der Waals surface area contributed by atoms with Gasteiger partial charge in [0.1, 0.15) is 0 Å². The van der Waals surface area contributed by atoms with E-state index < -0.39 is 5.97 Å². The van der Waals surface area contributed by atoms with Gasteiger partial charge in [-0.1, -0.05) is 5.10 Å². The van der Waals surface area contributed by atoms with E-state index in [0.29, 0.717) is 0 Å². The first-order chi connectivity index (χ1) is 5.04. The van der Waals surface area contributed by atoms with Gasteiger partial charge in [0.25, 0.3) is 11.9 Å². The average Bonchev–Trinajstić information content (AvgIpc) is 2.15. The van der Waals surface area contributed by atoms with Crippen molar-refractivity contribution in [2.45, 2.75) is 6.92 Å². The second-order valence-electron chi connectivity index (χ2n) is 1.50. The molecule has 0 radical (unpaired) electrons. The molecule has 1 aromatic rings. The minimum absolute atomic E-state index is 0.111. The molecule has 0 unspecified atom stereocenters. The van der Waals surface area contributed by atoms with Gasteiger partial charge in [0.05, 0.1) is 0 Å². The Bertz CT molecular complexity index is 211. The van der Waals surface area contributed by atoms with Crippen molar-refractivity contribution < 1.29 is 9.90 Å². The molecule has 0 aliphatic carbocycles. The monoisotopic (exact) mass is 160 g/mol. The third-order valence-electron chi connectivity index (χ3n) is 0.518. The molecule has 8 nitrogen and oxygen atoms in total. The number of hydrogen-bond donors (Lipinski definition) is 3. The Hall–Kier alpha value is -1.86. The molecule has 5 N–H and O–H groups in total. The topological polar surface area (TPSA) is 133 Å². The van der Waals surface area contributed by atoms with Gasteiger partial charge in [0.2, 0.25) is 0 Å². The molecule has 0 spiro atoms. The van der Waals surface area contributed by atoms with Gasteiger partial charge in [-0.15, -0.1) is 4.79 Å². The molecule has 0 aliphatic heterocycles. The van der Waals surface area contributed by atoms with E-state index in [-0.39, 0.29) is 5.95 Å². The molecule has 1 aromatic heterocycles.